The Labute approximate surface area is 513 Å². The molecule has 3 aliphatic rings. The first-order valence-corrected chi connectivity index (χ1v) is 34.6. The van der Waals surface area contributed by atoms with Gasteiger partial charge in [-0.15, -0.1) is 0 Å². The first-order valence-electron chi connectivity index (χ1n) is 31.3. The van der Waals surface area contributed by atoms with E-state index in [1.165, 1.54) is 14.0 Å². The van der Waals surface area contributed by atoms with Crippen LogP contribution in [-0.4, -0.2) is 181 Å². The van der Waals surface area contributed by atoms with Crippen LogP contribution in [0.4, 0.5) is 0 Å². The van der Waals surface area contributed by atoms with Crippen LogP contribution in [0.5, 0.6) is 0 Å². The Bertz CT molecular complexity index is 2610. The molecule has 0 spiro atoms. The van der Waals surface area contributed by atoms with Crippen LogP contribution in [-0.2, 0) is 38.0 Å². The predicted molar refractivity (Wildman–Crippen MR) is 337 cm³/mol. The van der Waals surface area contributed by atoms with E-state index in [-0.39, 0.29) is 56.3 Å². The van der Waals surface area contributed by atoms with E-state index in [0.717, 1.165) is 51.0 Å². The number of hydrogen-bond acceptors (Lipinski definition) is 15. The number of aliphatic hydroxyl groups is 5. The van der Waals surface area contributed by atoms with Gasteiger partial charge in [-0.25, -0.2) is 0 Å². The van der Waals surface area contributed by atoms with Gasteiger partial charge < -0.3 is 48.6 Å². The average Bonchev–Trinajstić information content (AvgIpc) is 1.68. The number of benzene rings is 2. The summed E-state index contributed by atoms with van der Waals surface area (Å²) in [6.45, 7) is 30.0. The molecule has 3 fully saturated rings. The van der Waals surface area contributed by atoms with E-state index in [2.05, 4.69) is 84.1 Å². The molecule has 0 aliphatic carbocycles. The molecule has 0 unspecified atom stereocenters. The van der Waals surface area contributed by atoms with Gasteiger partial charge in [0.2, 0.25) is 0 Å². The second-order valence-electron chi connectivity index (χ2n) is 27.3. The molecule has 0 saturated carbocycles. The van der Waals surface area contributed by atoms with Gasteiger partial charge in [-0.3, -0.25) is 4.79 Å². The summed E-state index contributed by atoms with van der Waals surface area (Å²) in [7, 11) is 5.25. The quantitative estimate of drug-likeness (QED) is 0.0459. The fourth-order valence-corrected chi connectivity index (χ4v) is 20.4. The summed E-state index contributed by atoms with van der Waals surface area (Å²) in [5, 5.41) is 69.2. The van der Waals surface area contributed by atoms with Crippen LogP contribution in [0, 0.1) is 45.4 Å². The molecule has 0 bridgehead atoms. The van der Waals surface area contributed by atoms with Gasteiger partial charge in [0.25, 0.3) is 0 Å². The molecule has 3 aliphatic heterocycles. The van der Waals surface area contributed by atoms with Gasteiger partial charge in [-0.1, -0.05) is 13.8 Å². The maximum absolute atomic E-state index is 15.0. The molecule has 6 rings (SSSR count). The number of aliphatic hydroxyl groups excluding tert-OH is 3. The number of halogens is 1. The second-order valence-corrected chi connectivity index (χ2v) is 33.9. The first-order chi connectivity index (χ1) is 39.5. The van der Waals surface area contributed by atoms with Crippen LogP contribution in [0.2, 0.25) is 0 Å². The number of amides is 1. The second kappa shape index (κ2) is 28.4. The van der Waals surface area contributed by atoms with E-state index >= 15 is 4.79 Å². The third-order valence-corrected chi connectivity index (χ3v) is 26.5. The summed E-state index contributed by atoms with van der Waals surface area (Å²) < 4.78 is 40.4. The van der Waals surface area contributed by atoms with E-state index in [1.54, 1.807) is 53.4 Å². The molecule has 1 amide bonds. The molecule has 1 aromatic heterocycles. The van der Waals surface area contributed by atoms with E-state index in [9.17, 15) is 30.3 Å². The fourth-order valence-electron chi connectivity index (χ4n) is 14.1. The number of unbranched alkanes of at least 4 members (excludes halogenated alkanes) is 3. The summed E-state index contributed by atoms with van der Waals surface area (Å²) in [5.74, 6) is -7.17. The van der Waals surface area contributed by atoms with Crippen LogP contribution in [0.25, 0.3) is 0 Å². The Hall–Kier alpha value is -3.13. The molecule has 18 atom stereocenters. The van der Waals surface area contributed by atoms with Gasteiger partial charge in [0, 0.05) is 25.5 Å². The van der Waals surface area contributed by atoms with E-state index in [1.807, 2.05) is 43.7 Å². The summed E-state index contributed by atoms with van der Waals surface area (Å²) in [4.78, 5) is 33.3. The minimum absolute atomic E-state index is 0.0376. The fraction of sp³-hybridized carbons (Fsp3) is 0.742. The third-order valence-electron chi connectivity index (χ3n) is 19.1. The number of likely N-dealkylation sites (N-methyl/N-ethyl adjacent to an activating group) is 1. The molecule has 19 heteroatoms. The van der Waals surface area contributed by atoms with Crippen LogP contribution in [0.15, 0.2) is 48.8 Å². The van der Waals surface area contributed by atoms with Crippen molar-refractivity contribution in [3.8, 4) is 0 Å². The zero-order valence-corrected chi connectivity index (χ0v) is 56.4. The Kier molecular flexibility index (Phi) is 23.7. The van der Waals surface area contributed by atoms with Crippen LogP contribution < -0.4 is 15.9 Å². The number of carbonyl (C=O) groups is 2. The van der Waals surface area contributed by atoms with E-state index in [0.29, 0.717) is 25.4 Å². The Morgan fingerprint density at radius 1 is 0.835 bits per heavy atom. The molecular weight excluding hydrogens is 1120 g/mol. The molecule has 2 aromatic carbocycles. The molecule has 3 aromatic rings. The van der Waals surface area contributed by atoms with Crippen molar-refractivity contribution in [2.75, 3.05) is 33.9 Å². The number of esters is 1. The van der Waals surface area contributed by atoms with Gasteiger partial charge in [-0.2, -0.15) is 0 Å². The minimum atomic E-state index is -3.73. The average molecular weight is 1230 g/mol. The summed E-state index contributed by atoms with van der Waals surface area (Å²) in [5.41, 5.74) is -0.367. The van der Waals surface area contributed by atoms with Gasteiger partial charge in [0.15, 0.2) is 12.6 Å². The van der Waals surface area contributed by atoms with Gasteiger partial charge in [0.1, 0.15) is 12.2 Å². The molecule has 85 heavy (non-hydrogen) atoms. The SMILES string of the molecule is CC[C@H]1OC(=O)[C@H](C)[C@@H](O[C@H]2C[C@@](C)(OC)[C@@H](O)[C@H](C)O2)[C@H](C)[C@@H](O[C@@H]2O[C@H](C)C[C@H](N(C)C)[C@H]2O)[C@](C)(O)C[C@@H](C)CN(C(=O)CCCCCCP(Cl)(c2cc(C)cc(C)c2)(c2cc(C)cc(C)c2)c2cnn(C(C)C)c2)[C@H](C)[C@@H](O)[C@]1(C)O. The summed E-state index contributed by atoms with van der Waals surface area (Å²) in [6, 6.07) is 12.1. The molecule has 3 saturated heterocycles. The number of rotatable bonds is 18. The van der Waals surface area contributed by atoms with E-state index < -0.39 is 108 Å². The molecule has 0 radical (unpaired) electrons. The van der Waals surface area contributed by atoms with Crippen molar-refractivity contribution in [2.24, 2.45) is 17.8 Å². The number of aryl methyl sites for hydroxylation is 4. The standard InChI is InChI=1S/C66H108ClN4O13P/c1-20-54-66(16,78)59(74)48(12)70(55(72)25-23-21-22-24-26-85(67,50-29-40(4)27-41(5)30-50,51-31-42(6)28-43(7)32-51)52-36-68-71(38-52)39(2)3)37-44(8)34-64(14,77)61(84-63-57(73)53(69(17)18)33-45(9)80-63)46(10)58(47(11)62(76)82-54)83-56-35-65(15,79-19)60(75)49(13)81-56/h27-32,36,38-39,44-49,53-54,56-61,63,73-75,77-78H,20-26,33-35,37H2,1-19H3/t44-,45-,46+,47-,48-,49+,53+,54-,56+,57-,58+,59-,60+,61-,63+,64-,65-,66-/m1/s1. The number of cyclic esters (lactones) is 1. The summed E-state index contributed by atoms with van der Waals surface area (Å²) >= 11 is 8.71. The molecular formula is C66H108ClN4O13P. The van der Waals surface area contributed by atoms with Crippen LogP contribution in [0.1, 0.15) is 169 Å². The number of aromatic nitrogens is 2. The number of methoxy groups -OCH3 is 1. The molecule has 5 N–H and O–H groups in total. The van der Waals surface area contributed by atoms with Crippen LogP contribution in [0.3, 0.4) is 0 Å². The maximum atomic E-state index is 15.0. The van der Waals surface area contributed by atoms with Gasteiger partial charge in [0.05, 0.1) is 35.9 Å². The number of carbonyl (C=O) groups excluding carboxylic acids is 2. The van der Waals surface area contributed by atoms with Crippen molar-refractivity contribution < 1.29 is 63.5 Å². The zero-order valence-electron chi connectivity index (χ0n) is 54.8. The predicted octanol–water partition coefficient (Wildman–Crippen LogP) is 8.44. The van der Waals surface area contributed by atoms with Crippen molar-refractivity contribution in [3.05, 3.63) is 71.0 Å². The Balaban J connectivity index is 1.33. The van der Waals surface area contributed by atoms with Crippen molar-refractivity contribution in [3.63, 3.8) is 0 Å². The van der Waals surface area contributed by atoms with Crippen molar-refractivity contribution in [1.29, 1.82) is 0 Å². The van der Waals surface area contributed by atoms with Crippen LogP contribution >= 0.6 is 17.2 Å². The molecule has 4 heterocycles. The van der Waals surface area contributed by atoms with Gasteiger partial charge >= 0.3 is 301 Å². The van der Waals surface area contributed by atoms with E-state index in [4.69, 9.17) is 44.8 Å². The van der Waals surface area contributed by atoms with Gasteiger partial charge in [-0.05, 0) is 61.6 Å². The summed E-state index contributed by atoms with van der Waals surface area (Å²) in [6.07, 6.45) is -2.15. The Morgan fingerprint density at radius 3 is 1.94 bits per heavy atom. The molecule has 17 nitrogen and oxygen atoms in total. The number of ether oxygens (including phenoxy) is 6. The first kappa shape index (κ1) is 71.0. The normalized spacial score (nSPS) is 35.5. The molecule has 482 valence electrons. The topological polar surface area (TPSA) is 215 Å². The van der Waals surface area contributed by atoms with Crippen molar-refractivity contribution >= 4 is 45.0 Å². The number of nitrogens with zero attached hydrogens (tertiary/aromatic N) is 4. The third kappa shape index (κ3) is 15.5. The number of hydrogen-bond donors (Lipinski definition) is 5. The zero-order chi connectivity index (χ0) is 63.5. The Morgan fingerprint density at radius 2 is 1.41 bits per heavy atom. The van der Waals surface area contributed by atoms with Crippen molar-refractivity contribution in [2.45, 2.75) is 265 Å². The monoisotopic (exact) mass is 1230 g/mol. The van der Waals surface area contributed by atoms with Crippen molar-refractivity contribution in [1.82, 2.24) is 19.6 Å².